The van der Waals surface area contributed by atoms with Crippen molar-refractivity contribution in [3.63, 3.8) is 0 Å². The maximum atomic E-state index is 11.4. The van der Waals surface area contributed by atoms with Crippen LogP contribution in [-0.4, -0.2) is 63.5 Å². The topological polar surface area (TPSA) is 73.8 Å². The second-order valence-electron chi connectivity index (χ2n) is 6.10. The highest BCUT2D eigenvalue weighted by molar-refractivity contribution is 7.91. The van der Waals surface area contributed by atoms with Crippen molar-refractivity contribution in [2.24, 2.45) is 4.99 Å². The molecule has 6 nitrogen and oxygen atoms in total. The maximum absolute atomic E-state index is 11.4. The van der Waals surface area contributed by atoms with Gasteiger partial charge in [-0.05, 0) is 19.4 Å². The lowest BCUT2D eigenvalue weighted by Crippen LogP contribution is -2.45. The molecule has 1 aromatic carbocycles. The summed E-state index contributed by atoms with van der Waals surface area (Å²) in [6, 6.07) is 8.37. The van der Waals surface area contributed by atoms with Gasteiger partial charge in [0.25, 0.3) is 0 Å². The van der Waals surface area contributed by atoms with Gasteiger partial charge in [0.05, 0.1) is 18.1 Å². The second-order valence-corrected chi connectivity index (χ2v) is 8.40. The lowest BCUT2D eigenvalue weighted by atomic mass is 10.1. The molecule has 1 aliphatic heterocycles. The molecular formula is C17H28N4O2S. The van der Waals surface area contributed by atoms with Crippen molar-refractivity contribution < 1.29 is 8.42 Å². The average Bonchev–Trinajstić information content (AvgIpc) is 2.55. The van der Waals surface area contributed by atoms with Gasteiger partial charge >= 0.3 is 0 Å². The number of guanidine groups is 1. The molecule has 7 heteroatoms. The van der Waals surface area contributed by atoms with Crippen LogP contribution < -0.4 is 10.6 Å². The van der Waals surface area contributed by atoms with E-state index in [2.05, 4.69) is 51.7 Å². The van der Waals surface area contributed by atoms with E-state index in [-0.39, 0.29) is 11.5 Å². The molecule has 2 N–H and O–H groups in total. The van der Waals surface area contributed by atoms with E-state index in [1.54, 1.807) is 0 Å². The Morgan fingerprint density at radius 3 is 2.46 bits per heavy atom. The third kappa shape index (κ3) is 6.49. The predicted molar refractivity (Wildman–Crippen MR) is 99.1 cm³/mol. The summed E-state index contributed by atoms with van der Waals surface area (Å²) in [7, 11) is -2.81. The third-order valence-electron chi connectivity index (χ3n) is 4.04. The zero-order chi connectivity index (χ0) is 17.4. The number of nitrogens with zero attached hydrogens (tertiary/aromatic N) is 2. The molecule has 1 saturated heterocycles. The van der Waals surface area contributed by atoms with Crippen LogP contribution in [-0.2, 0) is 16.4 Å². The minimum Gasteiger partial charge on any atom is -0.357 e. The molecule has 0 aliphatic carbocycles. The van der Waals surface area contributed by atoms with Gasteiger partial charge < -0.3 is 10.6 Å². The molecule has 0 radical (unpaired) electrons. The molecule has 1 aromatic rings. The van der Waals surface area contributed by atoms with E-state index in [1.807, 2.05) is 6.92 Å². The zero-order valence-electron chi connectivity index (χ0n) is 14.6. The quantitative estimate of drug-likeness (QED) is 0.585. The average molecular weight is 353 g/mol. The number of rotatable bonds is 6. The highest BCUT2D eigenvalue weighted by atomic mass is 32.2. The summed E-state index contributed by atoms with van der Waals surface area (Å²) >= 11 is 0. The van der Waals surface area contributed by atoms with Gasteiger partial charge in [0.2, 0.25) is 0 Å². The first-order valence-corrected chi connectivity index (χ1v) is 10.3. The fraction of sp³-hybridized carbons (Fsp3) is 0.588. The van der Waals surface area contributed by atoms with E-state index >= 15 is 0 Å². The number of benzene rings is 1. The summed E-state index contributed by atoms with van der Waals surface area (Å²) in [6.45, 7) is 8.38. The van der Waals surface area contributed by atoms with Crippen LogP contribution in [0, 0.1) is 6.92 Å². The highest BCUT2D eigenvalue weighted by Crippen LogP contribution is 2.04. The Labute approximate surface area is 145 Å². The summed E-state index contributed by atoms with van der Waals surface area (Å²) in [4.78, 5) is 6.78. The Kier molecular flexibility index (Phi) is 7.05. The van der Waals surface area contributed by atoms with Gasteiger partial charge in [0.1, 0.15) is 0 Å². The van der Waals surface area contributed by atoms with Crippen molar-refractivity contribution in [1.29, 1.82) is 0 Å². The van der Waals surface area contributed by atoms with Crippen LogP contribution in [0.3, 0.4) is 0 Å². The zero-order valence-corrected chi connectivity index (χ0v) is 15.4. The van der Waals surface area contributed by atoms with Crippen molar-refractivity contribution in [3.8, 4) is 0 Å². The normalized spacial score (nSPS) is 18.3. The summed E-state index contributed by atoms with van der Waals surface area (Å²) in [5.41, 5.74) is 2.43. The number of hydrogen-bond donors (Lipinski definition) is 2. The van der Waals surface area contributed by atoms with Gasteiger partial charge in [0.15, 0.2) is 15.8 Å². The van der Waals surface area contributed by atoms with Crippen molar-refractivity contribution >= 4 is 15.8 Å². The smallest absolute Gasteiger partial charge is 0.191 e. The van der Waals surface area contributed by atoms with Crippen LogP contribution in [0.5, 0.6) is 0 Å². The van der Waals surface area contributed by atoms with Crippen molar-refractivity contribution in [2.75, 3.05) is 44.2 Å². The van der Waals surface area contributed by atoms with Crippen LogP contribution in [0.2, 0.25) is 0 Å². The van der Waals surface area contributed by atoms with Gasteiger partial charge in [-0.25, -0.2) is 13.4 Å². The Morgan fingerprint density at radius 1 is 1.17 bits per heavy atom. The Hall–Kier alpha value is -1.60. The number of hydrogen-bond acceptors (Lipinski definition) is 4. The van der Waals surface area contributed by atoms with Crippen molar-refractivity contribution in [2.45, 2.75) is 20.4 Å². The lowest BCUT2D eigenvalue weighted by molar-refractivity contribution is 0.299. The Morgan fingerprint density at radius 2 is 1.83 bits per heavy atom. The number of aryl methyl sites for hydroxylation is 1. The fourth-order valence-corrected chi connectivity index (χ4v) is 3.79. The molecular weight excluding hydrogens is 324 g/mol. The van der Waals surface area contributed by atoms with Crippen molar-refractivity contribution in [3.05, 3.63) is 35.4 Å². The molecule has 0 spiro atoms. The molecule has 0 aromatic heterocycles. The SMILES string of the molecule is CCNC(=NCc1ccc(C)cc1)NCCN1CCS(=O)(=O)CC1. The monoisotopic (exact) mass is 352 g/mol. The highest BCUT2D eigenvalue weighted by Gasteiger charge is 2.20. The number of aliphatic imine (C=N–C) groups is 1. The maximum Gasteiger partial charge on any atom is 0.191 e. The van der Waals surface area contributed by atoms with Crippen LogP contribution >= 0.6 is 0 Å². The number of sulfone groups is 1. The molecule has 1 aliphatic rings. The Balaban J connectivity index is 1.78. The van der Waals surface area contributed by atoms with Gasteiger partial charge in [0, 0.05) is 32.7 Å². The van der Waals surface area contributed by atoms with Crippen LogP contribution in [0.25, 0.3) is 0 Å². The first-order chi connectivity index (χ1) is 11.5. The molecule has 0 atom stereocenters. The molecule has 134 valence electrons. The first kappa shape index (κ1) is 18.7. The second kappa shape index (κ2) is 9.03. The molecule has 1 fully saturated rings. The summed E-state index contributed by atoms with van der Waals surface area (Å²) in [6.07, 6.45) is 0. The van der Waals surface area contributed by atoms with Crippen molar-refractivity contribution in [1.82, 2.24) is 15.5 Å². The van der Waals surface area contributed by atoms with E-state index in [4.69, 9.17) is 0 Å². The van der Waals surface area contributed by atoms with E-state index < -0.39 is 9.84 Å². The minimum atomic E-state index is -2.81. The summed E-state index contributed by atoms with van der Waals surface area (Å²) in [5.74, 6) is 1.34. The van der Waals surface area contributed by atoms with Gasteiger partial charge in [-0.2, -0.15) is 0 Å². The molecule has 2 rings (SSSR count). The predicted octanol–water partition coefficient (Wildman–Crippen LogP) is 0.781. The fourth-order valence-electron chi connectivity index (χ4n) is 2.51. The standard InChI is InChI=1S/C17H28N4O2S/c1-3-18-17(20-14-16-6-4-15(2)5-7-16)19-8-9-21-10-12-24(22,23)13-11-21/h4-7H,3,8-14H2,1-2H3,(H2,18,19,20). The lowest BCUT2D eigenvalue weighted by Gasteiger charge is -2.26. The summed E-state index contributed by atoms with van der Waals surface area (Å²) in [5, 5.41) is 6.56. The van der Waals surface area contributed by atoms with Gasteiger partial charge in [-0.1, -0.05) is 29.8 Å². The van der Waals surface area contributed by atoms with Gasteiger partial charge in [-0.15, -0.1) is 0 Å². The molecule has 0 saturated carbocycles. The molecule has 24 heavy (non-hydrogen) atoms. The van der Waals surface area contributed by atoms with Crippen LogP contribution in [0.1, 0.15) is 18.1 Å². The molecule has 0 unspecified atom stereocenters. The third-order valence-corrected chi connectivity index (χ3v) is 5.65. The van der Waals surface area contributed by atoms with E-state index in [0.29, 0.717) is 19.6 Å². The van der Waals surface area contributed by atoms with E-state index in [0.717, 1.165) is 25.6 Å². The Bertz CT molecular complexity index is 627. The van der Waals surface area contributed by atoms with Gasteiger partial charge in [-0.3, -0.25) is 4.90 Å². The largest absolute Gasteiger partial charge is 0.357 e. The first-order valence-electron chi connectivity index (χ1n) is 8.49. The molecule has 0 bridgehead atoms. The van der Waals surface area contributed by atoms with E-state index in [9.17, 15) is 8.42 Å². The summed E-state index contributed by atoms with van der Waals surface area (Å²) < 4.78 is 22.9. The molecule has 1 heterocycles. The minimum absolute atomic E-state index is 0.272. The van der Waals surface area contributed by atoms with Crippen LogP contribution in [0.4, 0.5) is 0 Å². The molecule has 0 amide bonds. The van der Waals surface area contributed by atoms with E-state index in [1.165, 1.54) is 11.1 Å². The van der Waals surface area contributed by atoms with Crippen LogP contribution in [0.15, 0.2) is 29.3 Å². The number of nitrogens with one attached hydrogen (secondary N) is 2.